The molecular formula is C9H8N4O2. The van der Waals surface area contributed by atoms with Crippen LogP contribution in [0.3, 0.4) is 0 Å². The fourth-order valence-electron chi connectivity index (χ4n) is 1.18. The standard InChI is InChI=1S/C9H8N4O2/c1-5-2-6(10)7(11)9(13-4-15)8(5)12-3-14/h2H,10-11H2,1H3. The van der Waals surface area contributed by atoms with Gasteiger partial charge in [-0.1, -0.05) is 0 Å². The van der Waals surface area contributed by atoms with Gasteiger partial charge < -0.3 is 11.5 Å². The van der Waals surface area contributed by atoms with Gasteiger partial charge in [-0.2, -0.15) is 9.98 Å². The van der Waals surface area contributed by atoms with Crippen molar-refractivity contribution in [3.63, 3.8) is 0 Å². The minimum Gasteiger partial charge on any atom is -0.397 e. The predicted octanol–water partition coefficient (Wildman–Crippen LogP) is 1.09. The van der Waals surface area contributed by atoms with E-state index in [0.29, 0.717) is 5.56 Å². The molecule has 0 atom stereocenters. The van der Waals surface area contributed by atoms with E-state index in [4.69, 9.17) is 11.5 Å². The average molecular weight is 204 g/mol. The molecule has 0 aliphatic heterocycles. The van der Waals surface area contributed by atoms with E-state index in [9.17, 15) is 9.59 Å². The number of aliphatic imine (C=N–C) groups is 2. The van der Waals surface area contributed by atoms with Crippen LogP contribution in [0.2, 0.25) is 0 Å². The third-order valence-corrected chi connectivity index (χ3v) is 1.85. The summed E-state index contributed by atoms with van der Waals surface area (Å²) >= 11 is 0. The van der Waals surface area contributed by atoms with Crippen molar-refractivity contribution in [3.8, 4) is 0 Å². The van der Waals surface area contributed by atoms with Crippen LogP contribution in [0.15, 0.2) is 16.1 Å². The summed E-state index contributed by atoms with van der Waals surface area (Å²) in [5.41, 5.74) is 12.3. The number of anilines is 2. The molecule has 1 rings (SSSR count). The van der Waals surface area contributed by atoms with Gasteiger partial charge in [0, 0.05) is 0 Å². The van der Waals surface area contributed by atoms with E-state index < -0.39 is 0 Å². The van der Waals surface area contributed by atoms with Gasteiger partial charge >= 0.3 is 0 Å². The zero-order valence-corrected chi connectivity index (χ0v) is 7.94. The monoisotopic (exact) mass is 204 g/mol. The molecule has 0 radical (unpaired) electrons. The molecule has 0 bridgehead atoms. The molecule has 0 fully saturated rings. The summed E-state index contributed by atoms with van der Waals surface area (Å²) in [6.07, 6.45) is 2.69. The molecule has 76 valence electrons. The smallest absolute Gasteiger partial charge is 0.240 e. The van der Waals surface area contributed by atoms with Crippen molar-refractivity contribution in [2.24, 2.45) is 9.98 Å². The Bertz CT molecular complexity index is 497. The van der Waals surface area contributed by atoms with E-state index in [1.54, 1.807) is 6.92 Å². The number of hydrogen-bond acceptors (Lipinski definition) is 6. The third kappa shape index (κ3) is 1.91. The highest BCUT2D eigenvalue weighted by Gasteiger charge is 2.11. The van der Waals surface area contributed by atoms with Crippen molar-refractivity contribution in [2.45, 2.75) is 6.92 Å². The van der Waals surface area contributed by atoms with Gasteiger partial charge in [0.1, 0.15) is 11.4 Å². The molecule has 0 aromatic heterocycles. The zero-order valence-electron chi connectivity index (χ0n) is 7.94. The SMILES string of the molecule is Cc1cc(N)c(N)c(N=C=O)c1N=C=O. The fourth-order valence-corrected chi connectivity index (χ4v) is 1.18. The van der Waals surface area contributed by atoms with Gasteiger partial charge in [0.25, 0.3) is 0 Å². The van der Waals surface area contributed by atoms with Gasteiger partial charge in [0.2, 0.25) is 12.2 Å². The Kier molecular flexibility index (Phi) is 2.98. The van der Waals surface area contributed by atoms with Crippen LogP contribution in [-0.2, 0) is 9.59 Å². The molecule has 0 amide bonds. The molecule has 0 saturated carbocycles. The maximum atomic E-state index is 10.2. The van der Waals surface area contributed by atoms with Gasteiger partial charge in [-0.3, -0.25) is 0 Å². The van der Waals surface area contributed by atoms with Gasteiger partial charge in [0.05, 0.1) is 11.4 Å². The predicted molar refractivity (Wildman–Crippen MR) is 55.6 cm³/mol. The van der Waals surface area contributed by atoms with Crippen molar-refractivity contribution in [1.29, 1.82) is 0 Å². The van der Waals surface area contributed by atoms with Gasteiger partial charge in [-0.05, 0) is 18.6 Å². The lowest BCUT2D eigenvalue weighted by Gasteiger charge is -2.07. The van der Waals surface area contributed by atoms with Gasteiger partial charge in [-0.25, -0.2) is 9.59 Å². The number of rotatable bonds is 2. The molecule has 0 aliphatic carbocycles. The Morgan fingerprint density at radius 1 is 1.13 bits per heavy atom. The van der Waals surface area contributed by atoms with Crippen molar-refractivity contribution < 1.29 is 9.59 Å². The largest absolute Gasteiger partial charge is 0.397 e. The van der Waals surface area contributed by atoms with Gasteiger partial charge in [0.15, 0.2) is 0 Å². The molecular weight excluding hydrogens is 196 g/mol. The van der Waals surface area contributed by atoms with E-state index >= 15 is 0 Å². The van der Waals surface area contributed by atoms with Crippen molar-refractivity contribution >= 4 is 34.9 Å². The number of nitrogens with zero attached hydrogens (tertiary/aromatic N) is 2. The van der Waals surface area contributed by atoms with Crippen LogP contribution >= 0.6 is 0 Å². The van der Waals surface area contributed by atoms with Crippen LogP contribution in [0.5, 0.6) is 0 Å². The van der Waals surface area contributed by atoms with Crippen molar-refractivity contribution in [3.05, 3.63) is 11.6 Å². The van der Waals surface area contributed by atoms with E-state index in [2.05, 4.69) is 9.98 Å². The Labute approximate surface area is 85.3 Å². The number of isocyanates is 2. The maximum Gasteiger partial charge on any atom is 0.240 e. The van der Waals surface area contributed by atoms with Crippen LogP contribution in [0.1, 0.15) is 5.56 Å². The molecule has 6 heteroatoms. The fraction of sp³-hybridized carbons (Fsp3) is 0.111. The summed E-state index contributed by atoms with van der Waals surface area (Å²) < 4.78 is 0. The van der Waals surface area contributed by atoms with Crippen LogP contribution in [-0.4, -0.2) is 12.2 Å². The Morgan fingerprint density at radius 3 is 2.20 bits per heavy atom. The van der Waals surface area contributed by atoms with Crippen LogP contribution in [0.25, 0.3) is 0 Å². The van der Waals surface area contributed by atoms with E-state index in [1.165, 1.54) is 18.2 Å². The van der Waals surface area contributed by atoms with Crippen LogP contribution in [0.4, 0.5) is 22.7 Å². The molecule has 4 N–H and O–H groups in total. The van der Waals surface area contributed by atoms with Gasteiger partial charge in [-0.15, -0.1) is 0 Å². The third-order valence-electron chi connectivity index (χ3n) is 1.85. The molecule has 15 heavy (non-hydrogen) atoms. The summed E-state index contributed by atoms with van der Waals surface area (Å²) in [6.45, 7) is 1.66. The number of carbonyl (C=O) groups excluding carboxylic acids is 2. The first-order chi connectivity index (χ1) is 7.11. The number of benzene rings is 1. The first-order valence-corrected chi connectivity index (χ1v) is 3.96. The lowest BCUT2D eigenvalue weighted by atomic mass is 10.1. The highest BCUT2D eigenvalue weighted by Crippen LogP contribution is 2.40. The number of aryl methyl sites for hydroxylation is 1. The molecule has 1 aromatic carbocycles. The Balaban J connectivity index is 3.67. The lowest BCUT2D eigenvalue weighted by Crippen LogP contribution is -1.96. The minimum atomic E-state index is 0.0471. The summed E-state index contributed by atoms with van der Waals surface area (Å²) in [4.78, 5) is 27.1. The quantitative estimate of drug-likeness (QED) is 0.426. The molecule has 0 saturated heterocycles. The number of nitrogen functional groups attached to an aromatic ring is 2. The first kappa shape index (κ1) is 10.7. The molecule has 1 aromatic rings. The maximum absolute atomic E-state index is 10.2. The molecule has 0 heterocycles. The highest BCUT2D eigenvalue weighted by molar-refractivity contribution is 5.89. The van der Waals surface area contributed by atoms with Crippen LogP contribution < -0.4 is 11.5 Å². The summed E-state index contributed by atoms with van der Waals surface area (Å²) in [5.74, 6) is 0. The molecule has 6 nitrogen and oxygen atoms in total. The zero-order chi connectivity index (χ0) is 11.4. The highest BCUT2D eigenvalue weighted by atomic mass is 16.1. The van der Waals surface area contributed by atoms with E-state index in [-0.39, 0.29) is 22.7 Å². The molecule has 0 aliphatic rings. The number of hydrogen-bond donors (Lipinski definition) is 2. The molecule has 0 spiro atoms. The summed E-state index contributed by atoms with van der Waals surface area (Å²) in [7, 11) is 0. The minimum absolute atomic E-state index is 0.0471. The van der Waals surface area contributed by atoms with Crippen molar-refractivity contribution in [2.75, 3.05) is 11.5 Å². The lowest BCUT2D eigenvalue weighted by molar-refractivity contribution is 0.564. The van der Waals surface area contributed by atoms with Crippen molar-refractivity contribution in [1.82, 2.24) is 0 Å². The van der Waals surface area contributed by atoms with E-state index in [0.717, 1.165) is 0 Å². The van der Waals surface area contributed by atoms with Crippen LogP contribution in [0, 0.1) is 6.92 Å². The number of nitrogens with two attached hydrogens (primary N) is 2. The second kappa shape index (κ2) is 4.19. The first-order valence-electron chi connectivity index (χ1n) is 3.96. The van der Waals surface area contributed by atoms with E-state index in [1.807, 2.05) is 0 Å². The Morgan fingerprint density at radius 2 is 1.67 bits per heavy atom. The topological polar surface area (TPSA) is 111 Å². The Hall–Kier alpha value is -2.42. The summed E-state index contributed by atoms with van der Waals surface area (Å²) in [5, 5.41) is 0. The average Bonchev–Trinajstić information content (AvgIpc) is 2.20. The normalized spacial score (nSPS) is 8.87. The second-order valence-corrected chi connectivity index (χ2v) is 2.80. The molecule has 0 unspecified atom stereocenters. The summed E-state index contributed by atoms with van der Waals surface area (Å²) in [6, 6.07) is 1.54. The second-order valence-electron chi connectivity index (χ2n) is 2.80.